The van der Waals surface area contributed by atoms with Gasteiger partial charge >= 0.3 is 6.18 Å². The molecule has 1 aliphatic heterocycles. The highest BCUT2D eigenvalue weighted by Crippen LogP contribution is 2.30. The van der Waals surface area contributed by atoms with Gasteiger partial charge in [0.15, 0.2) is 0 Å². The molecule has 0 unspecified atom stereocenters. The lowest BCUT2D eigenvalue weighted by atomic mass is 10.1. The van der Waals surface area contributed by atoms with Crippen molar-refractivity contribution in [2.24, 2.45) is 0 Å². The monoisotopic (exact) mass is 412 g/mol. The van der Waals surface area contributed by atoms with Gasteiger partial charge in [0.1, 0.15) is 0 Å². The fraction of sp³-hybridized carbons (Fsp3) is 0.316. The van der Waals surface area contributed by atoms with Crippen molar-refractivity contribution in [3.63, 3.8) is 0 Å². The maximum Gasteiger partial charge on any atom is 0.416 e. The first-order valence-electron chi connectivity index (χ1n) is 8.65. The summed E-state index contributed by atoms with van der Waals surface area (Å²) in [6, 6.07) is 13.0. The maximum absolute atomic E-state index is 12.8. The molecule has 28 heavy (non-hydrogen) atoms. The number of rotatable bonds is 4. The van der Waals surface area contributed by atoms with Crippen molar-refractivity contribution >= 4 is 15.9 Å². The summed E-state index contributed by atoms with van der Waals surface area (Å²) in [6.07, 6.45) is -4.52. The van der Waals surface area contributed by atoms with Crippen LogP contribution in [0.1, 0.15) is 21.5 Å². The smallest absolute Gasteiger partial charge is 0.336 e. The number of nitrogens with zero attached hydrogens (tertiary/aromatic N) is 2. The van der Waals surface area contributed by atoms with Gasteiger partial charge in [-0.2, -0.15) is 17.5 Å². The Morgan fingerprint density at radius 3 is 2.18 bits per heavy atom. The van der Waals surface area contributed by atoms with E-state index in [1.807, 2.05) is 0 Å². The average molecular weight is 412 g/mol. The van der Waals surface area contributed by atoms with Crippen LogP contribution >= 0.6 is 0 Å². The Morgan fingerprint density at radius 1 is 0.929 bits per heavy atom. The van der Waals surface area contributed by atoms with Crippen LogP contribution in [0, 0.1) is 0 Å². The van der Waals surface area contributed by atoms with Gasteiger partial charge in [0.05, 0.1) is 11.3 Å². The molecule has 0 aliphatic carbocycles. The molecule has 0 atom stereocenters. The molecule has 0 spiro atoms. The highest BCUT2D eigenvalue weighted by Gasteiger charge is 2.32. The van der Waals surface area contributed by atoms with Crippen LogP contribution in [0.25, 0.3) is 0 Å². The van der Waals surface area contributed by atoms with Crippen molar-refractivity contribution in [3.8, 4) is 0 Å². The van der Waals surface area contributed by atoms with Crippen molar-refractivity contribution in [1.82, 2.24) is 9.21 Å². The second-order valence-electron chi connectivity index (χ2n) is 6.51. The molecule has 0 radical (unpaired) electrons. The number of piperazine rings is 1. The van der Waals surface area contributed by atoms with E-state index in [0.29, 0.717) is 5.56 Å². The molecule has 0 N–H and O–H groups in total. The average Bonchev–Trinajstić information content (AvgIpc) is 2.67. The second-order valence-corrected chi connectivity index (χ2v) is 8.48. The first-order valence-corrected chi connectivity index (χ1v) is 10.3. The van der Waals surface area contributed by atoms with E-state index in [1.54, 1.807) is 35.2 Å². The van der Waals surface area contributed by atoms with Crippen molar-refractivity contribution in [2.45, 2.75) is 11.9 Å². The molecule has 1 amide bonds. The minimum Gasteiger partial charge on any atom is -0.336 e. The van der Waals surface area contributed by atoms with E-state index in [9.17, 15) is 26.4 Å². The van der Waals surface area contributed by atoms with Gasteiger partial charge in [-0.15, -0.1) is 0 Å². The van der Waals surface area contributed by atoms with Gasteiger partial charge in [0, 0.05) is 31.7 Å². The number of carbonyl (C=O) groups is 1. The molecule has 2 aromatic rings. The summed E-state index contributed by atoms with van der Waals surface area (Å²) < 4.78 is 64.9. The predicted octanol–water partition coefficient (Wildman–Crippen LogP) is 2.99. The third-order valence-corrected chi connectivity index (χ3v) is 6.39. The molecule has 1 aliphatic rings. The van der Waals surface area contributed by atoms with E-state index >= 15 is 0 Å². The van der Waals surface area contributed by atoms with Crippen LogP contribution in [-0.2, 0) is 22.0 Å². The fourth-order valence-corrected chi connectivity index (χ4v) is 4.58. The molecule has 1 fully saturated rings. The van der Waals surface area contributed by atoms with Crippen LogP contribution < -0.4 is 0 Å². The Morgan fingerprint density at radius 2 is 1.57 bits per heavy atom. The third-order valence-electron chi connectivity index (χ3n) is 4.54. The van der Waals surface area contributed by atoms with E-state index in [2.05, 4.69) is 0 Å². The number of alkyl halides is 3. The number of hydrogen-bond acceptors (Lipinski definition) is 3. The number of benzene rings is 2. The summed E-state index contributed by atoms with van der Waals surface area (Å²) in [5.41, 5.74) is -0.265. The Labute approximate surface area is 161 Å². The molecule has 2 aromatic carbocycles. The maximum atomic E-state index is 12.8. The molecular weight excluding hydrogens is 393 g/mol. The van der Waals surface area contributed by atoms with Gasteiger partial charge in [-0.05, 0) is 23.8 Å². The van der Waals surface area contributed by atoms with Crippen molar-refractivity contribution < 1.29 is 26.4 Å². The van der Waals surface area contributed by atoms with Crippen molar-refractivity contribution in [2.75, 3.05) is 26.2 Å². The van der Waals surface area contributed by atoms with Crippen molar-refractivity contribution in [1.29, 1.82) is 0 Å². The zero-order valence-electron chi connectivity index (χ0n) is 14.9. The van der Waals surface area contributed by atoms with Crippen LogP contribution in [0.15, 0.2) is 54.6 Å². The SMILES string of the molecule is O=C(c1ccccc1)N1CCN(S(=O)(=O)Cc2cccc(C(F)(F)F)c2)CC1. The lowest BCUT2D eigenvalue weighted by Gasteiger charge is -2.34. The number of amides is 1. The summed E-state index contributed by atoms with van der Waals surface area (Å²) in [6.45, 7) is 0.685. The van der Waals surface area contributed by atoms with Gasteiger partial charge in [-0.25, -0.2) is 8.42 Å². The predicted molar refractivity (Wildman–Crippen MR) is 98.0 cm³/mol. The molecule has 1 heterocycles. The molecule has 150 valence electrons. The van der Waals surface area contributed by atoms with E-state index in [1.165, 1.54) is 16.4 Å². The summed E-state index contributed by atoms with van der Waals surface area (Å²) >= 11 is 0. The zero-order chi connectivity index (χ0) is 20.4. The van der Waals surface area contributed by atoms with Gasteiger partial charge in [0.25, 0.3) is 5.91 Å². The largest absolute Gasteiger partial charge is 0.416 e. The van der Waals surface area contributed by atoms with E-state index < -0.39 is 27.5 Å². The minimum absolute atomic E-state index is 0.0811. The molecular formula is C19H19F3N2O3S. The van der Waals surface area contributed by atoms with Gasteiger partial charge < -0.3 is 4.90 Å². The van der Waals surface area contributed by atoms with Gasteiger partial charge in [0.2, 0.25) is 10.0 Å². The zero-order valence-corrected chi connectivity index (χ0v) is 15.7. The molecule has 0 saturated carbocycles. The summed E-state index contributed by atoms with van der Waals surface area (Å²) in [5, 5.41) is 0. The molecule has 1 saturated heterocycles. The number of carbonyl (C=O) groups excluding carboxylic acids is 1. The van der Waals surface area contributed by atoms with Crippen LogP contribution in [-0.4, -0.2) is 49.7 Å². The van der Waals surface area contributed by atoms with Crippen LogP contribution in [0.4, 0.5) is 13.2 Å². The second kappa shape index (κ2) is 7.92. The van der Waals surface area contributed by atoms with E-state index in [4.69, 9.17) is 0 Å². The normalized spacial score (nSPS) is 16.2. The van der Waals surface area contributed by atoms with Crippen LogP contribution in [0.5, 0.6) is 0 Å². The highest BCUT2D eigenvalue weighted by molar-refractivity contribution is 7.88. The Balaban J connectivity index is 1.64. The topological polar surface area (TPSA) is 57.7 Å². The fourth-order valence-electron chi connectivity index (χ4n) is 3.07. The Bertz CT molecular complexity index is 938. The molecule has 0 bridgehead atoms. The van der Waals surface area contributed by atoms with E-state index in [-0.39, 0.29) is 37.6 Å². The van der Waals surface area contributed by atoms with Gasteiger partial charge in [-0.1, -0.05) is 36.4 Å². The molecule has 3 rings (SSSR count). The quantitative estimate of drug-likeness (QED) is 0.776. The standard InChI is InChI=1S/C19H19F3N2O3S/c20-19(21,22)17-8-4-5-15(13-17)14-28(26,27)24-11-9-23(10-12-24)18(25)16-6-2-1-3-7-16/h1-8,13H,9-12,14H2. The van der Waals surface area contributed by atoms with Crippen LogP contribution in [0.3, 0.4) is 0 Å². The summed E-state index contributed by atoms with van der Waals surface area (Å²) in [7, 11) is -3.78. The van der Waals surface area contributed by atoms with Crippen molar-refractivity contribution in [3.05, 3.63) is 71.3 Å². The summed E-state index contributed by atoms with van der Waals surface area (Å²) in [4.78, 5) is 14.0. The van der Waals surface area contributed by atoms with E-state index in [0.717, 1.165) is 12.1 Å². The third kappa shape index (κ3) is 4.71. The highest BCUT2D eigenvalue weighted by atomic mass is 32.2. The first-order chi connectivity index (χ1) is 13.2. The van der Waals surface area contributed by atoms with Crippen LogP contribution in [0.2, 0.25) is 0 Å². The summed E-state index contributed by atoms with van der Waals surface area (Å²) in [5.74, 6) is -0.681. The minimum atomic E-state index is -4.52. The Kier molecular flexibility index (Phi) is 5.76. The molecule has 9 heteroatoms. The lowest BCUT2D eigenvalue weighted by Crippen LogP contribution is -2.50. The molecule has 5 nitrogen and oxygen atoms in total. The number of hydrogen-bond donors (Lipinski definition) is 0. The Hall–Kier alpha value is -2.39. The number of halogens is 3. The first kappa shape index (κ1) is 20.3. The molecule has 0 aromatic heterocycles. The lowest BCUT2D eigenvalue weighted by molar-refractivity contribution is -0.137. The number of sulfonamides is 1. The van der Waals surface area contributed by atoms with Gasteiger partial charge in [-0.3, -0.25) is 4.79 Å².